The lowest BCUT2D eigenvalue weighted by molar-refractivity contribution is -0.142. The van der Waals surface area contributed by atoms with E-state index in [-0.39, 0.29) is 6.42 Å². The van der Waals surface area contributed by atoms with Gasteiger partial charge in [0.2, 0.25) is 17.4 Å². The van der Waals surface area contributed by atoms with Gasteiger partial charge in [0.25, 0.3) is 20.2 Å². The van der Waals surface area contributed by atoms with Gasteiger partial charge in [-0.3, -0.25) is 13.2 Å². The molecular weight excluding hydrogens is 528 g/mol. The average molecular weight is 539 g/mol. The molecule has 33 heavy (non-hydrogen) atoms. The summed E-state index contributed by atoms with van der Waals surface area (Å²) >= 11 is 0. The van der Waals surface area contributed by atoms with Crippen LogP contribution in [0.2, 0.25) is 0 Å². The van der Waals surface area contributed by atoms with Crippen molar-refractivity contribution in [2.45, 2.75) is 28.8 Å². The summed E-state index contributed by atoms with van der Waals surface area (Å²) in [6, 6.07) is 0. The van der Waals surface area contributed by atoms with Crippen molar-refractivity contribution >= 4 is 36.3 Å². The summed E-state index contributed by atoms with van der Waals surface area (Å²) in [4.78, 5) is 10.2. The molecule has 11 nitrogen and oxygen atoms in total. The van der Waals surface area contributed by atoms with Crippen LogP contribution in [-0.2, 0) is 43.5 Å². The highest BCUT2D eigenvalue weighted by molar-refractivity contribution is 7.87. The maximum absolute atomic E-state index is 14.2. The van der Waals surface area contributed by atoms with E-state index in [2.05, 4.69) is 4.74 Å². The van der Waals surface area contributed by atoms with Crippen molar-refractivity contribution in [2.24, 2.45) is 17.8 Å². The number of ether oxygens (including phenoxy) is 1. The molecule has 1 heterocycles. The second-order valence-corrected chi connectivity index (χ2v) is 12.3. The fourth-order valence-electron chi connectivity index (χ4n) is 4.70. The summed E-state index contributed by atoms with van der Waals surface area (Å²) in [5.41, 5.74) is 0. The van der Waals surface area contributed by atoms with Crippen molar-refractivity contribution in [3.63, 3.8) is 0 Å². The van der Waals surface area contributed by atoms with E-state index < -0.39 is 105 Å². The van der Waals surface area contributed by atoms with E-state index in [1.807, 2.05) is 0 Å². The summed E-state index contributed by atoms with van der Waals surface area (Å²) in [5, 5.41) is -1.62. The lowest BCUT2D eigenvalue weighted by atomic mass is 9.84. The zero-order valence-corrected chi connectivity index (χ0v) is 18.3. The molecule has 6 unspecified atom stereocenters. The number of fused-ring (bicyclic) bond motifs is 1. The van der Waals surface area contributed by atoms with Crippen molar-refractivity contribution in [3.8, 4) is 5.75 Å². The first-order chi connectivity index (χ1) is 15.0. The molecule has 3 aliphatic rings. The second kappa shape index (κ2) is 7.32. The molecular formula is C15H11F4O11S3-. The Bertz CT molecular complexity index is 1360. The van der Waals surface area contributed by atoms with Crippen molar-refractivity contribution in [1.29, 1.82) is 0 Å². The van der Waals surface area contributed by atoms with Gasteiger partial charge >= 0.3 is 5.97 Å². The highest BCUT2D eigenvalue weighted by Gasteiger charge is 2.72. The number of carbonyl (C=O) groups excluding carboxylic acids is 1. The van der Waals surface area contributed by atoms with E-state index in [4.69, 9.17) is 8.37 Å². The third kappa shape index (κ3) is 3.72. The molecule has 1 aromatic rings. The van der Waals surface area contributed by atoms with Crippen molar-refractivity contribution in [1.82, 2.24) is 0 Å². The Labute approximate surface area is 183 Å². The Morgan fingerprint density at radius 2 is 1.58 bits per heavy atom. The first kappa shape index (κ1) is 24.3. The first-order valence-electron chi connectivity index (χ1n) is 8.79. The Morgan fingerprint density at radius 3 is 2.06 bits per heavy atom. The highest BCUT2D eigenvalue weighted by Crippen LogP contribution is 2.59. The number of hydrogen-bond donors (Lipinski definition) is 0. The maximum Gasteiger partial charge on any atom is 0.316 e. The normalized spacial score (nSPS) is 32.3. The predicted octanol–water partition coefficient (Wildman–Crippen LogP) is -0.240. The maximum atomic E-state index is 14.2. The van der Waals surface area contributed by atoms with Crippen LogP contribution in [0.5, 0.6) is 5.75 Å². The Morgan fingerprint density at radius 1 is 1.03 bits per heavy atom. The summed E-state index contributed by atoms with van der Waals surface area (Å²) in [6.45, 7) is 0. The van der Waals surface area contributed by atoms with Gasteiger partial charge < -0.3 is 9.29 Å². The minimum Gasteiger partial charge on any atom is -0.744 e. The van der Waals surface area contributed by atoms with Gasteiger partial charge in [0.15, 0.2) is 11.6 Å². The Kier molecular flexibility index (Phi) is 5.38. The number of rotatable bonds is 5. The fourth-order valence-corrected chi connectivity index (χ4v) is 8.03. The van der Waals surface area contributed by atoms with E-state index >= 15 is 0 Å². The standard InChI is InChI=1S/C15H12F4O11S3/c1-31(21,22)29-10-3-2-4-11(10)30-33(26,27)13(4)5(3)15(20)28-12-6(16)8(18)14(32(23,24)25)9(19)7(12)17/h3-5,10-11,13H,2H2,1H3,(H,23,24,25)/p-1. The zero-order chi connectivity index (χ0) is 24.8. The van der Waals surface area contributed by atoms with E-state index in [9.17, 15) is 52.2 Å². The topological polar surface area (TPSA) is 170 Å². The minimum atomic E-state index is -6.01. The van der Waals surface area contributed by atoms with Crippen molar-refractivity contribution in [3.05, 3.63) is 23.3 Å². The SMILES string of the molecule is CS(=O)(=O)OC1C2CC3C1OS(=O)(=O)C3C2C(=O)Oc1c(F)c(F)c(S(=O)(=O)[O-])c(F)c1F. The van der Waals surface area contributed by atoms with E-state index in [1.165, 1.54) is 0 Å². The quantitative estimate of drug-likeness (QED) is 0.121. The average Bonchev–Trinajstić information content (AvgIpc) is 3.24. The second-order valence-electron chi connectivity index (χ2n) is 7.66. The van der Waals surface area contributed by atoms with Gasteiger partial charge in [0, 0.05) is 11.8 Å². The van der Waals surface area contributed by atoms with Crippen LogP contribution in [0.3, 0.4) is 0 Å². The molecule has 1 saturated heterocycles. The van der Waals surface area contributed by atoms with E-state index in [0.717, 1.165) is 0 Å². The summed E-state index contributed by atoms with van der Waals surface area (Å²) in [5.74, 6) is -18.1. The minimum absolute atomic E-state index is 0.116. The summed E-state index contributed by atoms with van der Waals surface area (Å²) < 4.78 is 151. The Hall–Kier alpha value is -1.86. The Balaban J connectivity index is 1.74. The van der Waals surface area contributed by atoms with Crippen LogP contribution in [0.1, 0.15) is 6.42 Å². The monoisotopic (exact) mass is 539 g/mol. The van der Waals surface area contributed by atoms with E-state index in [0.29, 0.717) is 6.26 Å². The smallest absolute Gasteiger partial charge is 0.316 e. The summed E-state index contributed by atoms with van der Waals surface area (Å²) in [7, 11) is -14.7. The molecule has 1 aromatic carbocycles. The van der Waals surface area contributed by atoms with Crippen molar-refractivity contribution < 1.29 is 65.3 Å². The highest BCUT2D eigenvalue weighted by atomic mass is 32.2. The molecule has 184 valence electrons. The van der Waals surface area contributed by atoms with Crippen LogP contribution < -0.4 is 4.74 Å². The molecule has 0 N–H and O–H groups in total. The largest absolute Gasteiger partial charge is 0.744 e. The van der Waals surface area contributed by atoms with Gasteiger partial charge in [-0.15, -0.1) is 0 Å². The molecule has 6 atom stereocenters. The van der Waals surface area contributed by atoms with Crippen LogP contribution in [0.25, 0.3) is 0 Å². The first-order valence-corrected chi connectivity index (χ1v) is 13.5. The fraction of sp³-hybridized carbons (Fsp3) is 0.533. The number of hydrogen-bond acceptors (Lipinski definition) is 11. The van der Waals surface area contributed by atoms with Crippen LogP contribution in [0.4, 0.5) is 17.6 Å². The molecule has 2 aliphatic carbocycles. The number of halogens is 4. The molecule has 0 radical (unpaired) electrons. The predicted molar refractivity (Wildman–Crippen MR) is 92.3 cm³/mol. The molecule has 4 rings (SSSR count). The molecule has 1 aliphatic heterocycles. The lowest BCUT2D eigenvalue weighted by Crippen LogP contribution is -2.46. The van der Waals surface area contributed by atoms with Gasteiger partial charge in [0.1, 0.15) is 32.5 Å². The third-order valence-electron chi connectivity index (χ3n) is 5.72. The summed E-state index contributed by atoms with van der Waals surface area (Å²) in [6.07, 6.45) is -2.20. The third-order valence-corrected chi connectivity index (χ3v) is 8.95. The van der Waals surface area contributed by atoms with Crippen LogP contribution >= 0.6 is 0 Å². The molecule has 18 heteroatoms. The lowest BCUT2D eigenvalue weighted by Gasteiger charge is -2.29. The molecule has 0 aromatic heterocycles. The number of carbonyl (C=O) groups is 1. The van der Waals surface area contributed by atoms with E-state index in [1.54, 1.807) is 0 Å². The van der Waals surface area contributed by atoms with Gasteiger partial charge in [-0.05, 0) is 6.42 Å². The molecule has 3 fully saturated rings. The van der Waals surface area contributed by atoms with Gasteiger partial charge in [0.05, 0.1) is 12.2 Å². The molecule has 0 amide bonds. The van der Waals surface area contributed by atoms with Crippen LogP contribution in [-0.4, -0.2) is 59.5 Å². The van der Waals surface area contributed by atoms with Crippen LogP contribution in [0.15, 0.2) is 4.90 Å². The molecule has 2 bridgehead atoms. The zero-order valence-electron chi connectivity index (χ0n) is 15.9. The number of benzene rings is 1. The van der Waals surface area contributed by atoms with Gasteiger partial charge in [-0.1, -0.05) is 0 Å². The van der Waals surface area contributed by atoms with Gasteiger partial charge in [-0.2, -0.15) is 25.6 Å². The molecule has 2 saturated carbocycles. The van der Waals surface area contributed by atoms with Crippen molar-refractivity contribution in [2.75, 3.05) is 6.26 Å². The molecule has 0 spiro atoms. The van der Waals surface area contributed by atoms with Crippen LogP contribution in [0, 0.1) is 41.0 Å². The van der Waals surface area contributed by atoms with Gasteiger partial charge in [-0.25, -0.2) is 17.2 Å². The number of esters is 1.